The molecule has 1 aromatic carbocycles. The van der Waals surface area contributed by atoms with Crippen LogP contribution < -0.4 is 9.47 Å². The number of carbonyl (C=O) groups excluding carboxylic acids is 1. The van der Waals surface area contributed by atoms with Crippen LogP contribution in [0.4, 0.5) is 0 Å². The molecule has 1 aliphatic heterocycles. The van der Waals surface area contributed by atoms with Gasteiger partial charge in [0.25, 0.3) is 5.91 Å². The largest absolute Gasteiger partial charge is 0.497 e. The van der Waals surface area contributed by atoms with Gasteiger partial charge in [0.15, 0.2) is 0 Å². The average molecular weight is 335 g/mol. The van der Waals surface area contributed by atoms with E-state index in [0.717, 1.165) is 34.2 Å². The van der Waals surface area contributed by atoms with Crippen molar-refractivity contribution in [1.29, 1.82) is 0 Å². The van der Waals surface area contributed by atoms with Gasteiger partial charge in [-0.1, -0.05) is 6.07 Å². The number of rotatable bonds is 4. The van der Waals surface area contributed by atoms with Gasteiger partial charge >= 0.3 is 0 Å². The third-order valence-electron chi connectivity index (χ3n) is 3.54. The van der Waals surface area contributed by atoms with E-state index in [1.54, 1.807) is 26.0 Å². The molecule has 0 aliphatic carbocycles. The molecule has 0 N–H and O–H groups in total. The van der Waals surface area contributed by atoms with E-state index in [1.165, 1.54) is 11.3 Å². The lowest BCUT2D eigenvalue weighted by Gasteiger charge is -2.24. The number of methoxy groups -OCH3 is 2. The summed E-state index contributed by atoms with van der Waals surface area (Å²) in [5, 5.41) is 1.93. The van der Waals surface area contributed by atoms with E-state index < -0.39 is 0 Å². The second-order valence-corrected chi connectivity index (χ2v) is 6.98. The normalized spacial score (nSPS) is 17.5. The van der Waals surface area contributed by atoms with Gasteiger partial charge in [0, 0.05) is 18.4 Å². The van der Waals surface area contributed by atoms with Crippen LogP contribution in [-0.2, 0) is 0 Å². The molecule has 6 heteroatoms. The molecule has 1 atom stereocenters. The Labute approximate surface area is 138 Å². The number of thioether (sulfide) groups is 1. The van der Waals surface area contributed by atoms with Gasteiger partial charge in [-0.3, -0.25) is 4.79 Å². The molecule has 1 aromatic heterocycles. The topological polar surface area (TPSA) is 38.8 Å². The number of amides is 1. The molecule has 0 radical (unpaired) electrons. The van der Waals surface area contributed by atoms with E-state index in [9.17, 15) is 4.79 Å². The number of carbonyl (C=O) groups is 1. The average Bonchev–Trinajstić information content (AvgIpc) is 3.24. The minimum atomic E-state index is -0.00130. The van der Waals surface area contributed by atoms with Crippen LogP contribution in [0.5, 0.6) is 11.5 Å². The molecule has 0 bridgehead atoms. The van der Waals surface area contributed by atoms with Gasteiger partial charge in [-0.2, -0.15) is 0 Å². The fourth-order valence-electron chi connectivity index (χ4n) is 2.47. The lowest BCUT2D eigenvalue weighted by molar-refractivity contribution is 0.0765. The zero-order valence-corrected chi connectivity index (χ0v) is 14.1. The van der Waals surface area contributed by atoms with Crippen molar-refractivity contribution >= 4 is 29.0 Å². The minimum Gasteiger partial charge on any atom is -0.497 e. The number of benzene rings is 1. The first kappa shape index (κ1) is 15.2. The van der Waals surface area contributed by atoms with Crippen molar-refractivity contribution in [2.24, 2.45) is 0 Å². The number of thiophene rings is 1. The first-order chi connectivity index (χ1) is 10.7. The number of nitrogens with zero attached hydrogens (tertiary/aromatic N) is 1. The molecule has 1 fully saturated rings. The first-order valence-electron chi connectivity index (χ1n) is 6.92. The monoisotopic (exact) mass is 335 g/mol. The van der Waals surface area contributed by atoms with Gasteiger partial charge in [0.05, 0.1) is 19.1 Å². The van der Waals surface area contributed by atoms with Gasteiger partial charge < -0.3 is 14.4 Å². The van der Waals surface area contributed by atoms with Crippen LogP contribution in [0.1, 0.15) is 20.6 Å². The van der Waals surface area contributed by atoms with Crippen LogP contribution in [0.25, 0.3) is 0 Å². The van der Waals surface area contributed by atoms with Crippen molar-refractivity contribution < 1.29 is 14.3 Å². The number of hydrogen-bond acceptors (Lipinski definition) is 5. The summed E-state index contributed by atoms with van der Waals surface area (Å²) in [7, 11) is 3.27. The van der Waals surface area contributed by atoms with E-state index in [-0.39, 0.29) is 11.3 Å². The molecule has 22 heavy (non-hydrogen) atoms. The molecule has 0 saturated carbocycles. The van der Waals surface area contributed by atoms with Crippen molar-refractivity contribution in [2.75, 3.05) is 26.5 Å². The van der Waals surface area contributed by atoms with Crippen molar-refractivity contribution in [3.63, 3.8) is 0 Å². The molecular formula is C16H17NO3S2. The molecule has 4 nitrogen and oxygen atoms in total. The minimum absolute atomic E-state index is 0.00130. The van der Waals surface area contributed by atoms with Crippen molar-refractivity contribution in [3.8, 4) is 11.5 Å². The summed E-state index contributed by atoms with van der Waals surface area (Å²) in [6.07, 6.45) is 0. The number of hydrogen-bond donors (Lipinski definition) is 0. The highest BCUT2D eigenvalue weighted by Crippen LogP contribution is 2.41. The summed E-state index contributed by atoms with van der Waals surface area (Å²) < 4.78 is 10.7. The van der Waals surface area contributed by atoms with E-state index in [0.29, 0.717) is 0 Å². The first-order valence-corrected chi connectivity index (χ1v) is 8.85. The quantitative estimate of drug-likeness (QED) is 0.855. The lowest BCUT2D eigenvalue weighted by Crippen LogP contribution is -2.29. The summed E-state index contributed by atoms with van der Waals surface area (Å²) in [6.45, 7) is 0.756. The van der Waals surface area contributed by atoms with Crippen LogP contribution in [0.3, 0.4) is 0 Å². The molecule has 1 aliphatic rings. The molecule has 1 saturated heterocycles. The Morgan fingerprint density at radius 2 is 1.95 bits per heavy atom. The summed E-state index contributed by atoms with van der Waals surface area (Å²) in [4.78, 5) is 15.4. The van der Waals surface area contributed by atoms with Crippen LogP contribution >= 0.6 is 23.1 Å². The predicted octanol–water partition coefficient (Wildman–Crippen LogP) is 3.65. The van der Waals surface area contributed by atoms with Crippen molar-refractivity contribution in [1.82, 2.24) is 4.90 Å². The van der Waals surface area contributed by atoms with Crippen molar-refractivity contribution in [3.05, 3.63) is 46.2 Å². The van der Waals surface area contributed by atoms with Gasteiger partial charge in [-0.05, 0) is 29.1 Å². The molecule has 1 unspecified atom stereocenters. The smallest absolute Gasteiger partial charge is 0.265 e. The van der Waals surface area contributed by atoms with E-state index >= 15 is 0 Å². The SMILES string of the molecule is COc1cc(OC)cc(C2SCCN2C(=O)c2cccs2)c1. The standard InChI is InChI=1S/C16H17NO3S2/c1-19-12-8-11(9-13(10-12)20-2)16-17(5-7-22-16)15(18)14-4-3-6-21-14/h3-4,6,8-10,16H,5,7H2,1-2H3. The van der Waals surface area contributed by atoms with Crippen LogP contribution in [-0.4, -0.2) is 37.3 Å². The van der Waals surface area contributed by atoms with Gasteiger partial charge in [0.1, 0.15) is 16.9 Å². The third-order valence-corrected chi connectivity index (χ3v) is 5.66. The molecule has 3 rings (SSSR count). The van der Waals surface area contributed by atoms with E-state index in [1.807, 2.05) is 40.6 Å². The Morgan fingerprint density at radius 3 is 2.55 bits per heavy atom. The van der Waals surface area contributed by atoms with Crippen molar-refractivity contribution in [2.45, 2.75) is 5.37 Å². The summed E-state index contributed by atoms with van der Waals surface area (Å²) >= 11 is 3.25. The molecular weight excluding hydrogens is 318 g/mol. The predicted molar refractivity (Wildman–Crippen MR) is 90.1 cm³/mol. The van der Waals surface area contributed by atoms with Gasteiger partial charge in [-0.25, -0.2) is 0 Å². The van der Waals surface area contributed by atoms with Gasteiger partial charge in [0.2, 0.25) is 0 Å². The molecule has 2 heterocycles. The zero-order chi connectivity index (χ0) is 15.5. The third kappa shape index (κ3) is 2.94. The summed E-state index contributed by atoms with van der Waals surface area (Å²) in [6, 6.07) is 9.57. The maximum atomic E-state index is 12.7. The lowest BCUT2D eigenvalue weighted by atomic mass is 10.1. The number of ether oxygens (including phenoxy) is 2. The highest BCUT2D eigenvalue weighted by Gasteiger charge is 2.32. The molecule has 1 amide bonds. The van der Waals surface area contributed by atoms with Crippen LogP contribution in [0.2, 0.25) is 0 Å². The van der Waals surface area contributed by atoms with Crippen LogP contribution in [0, 0.1) is 0 Å². The highest BCUT2D eigenvalue weighted by molar-refractivity contribution is 7.99. The fourth-order valence-corrected chi connectivity index (χ4v) is 4.38. The van der Waals surface area contributed by atoms with E-state index in [4.69, 9.17) is 9.47 Å². The second-order valence-electron chi connectivity index (χ2n) is 4.84. The Balaban J connectivity index is 1.91. The van der Waals surface area contributed by atoms with E-state index in [2.05, 4.69) is 0 Å². The highest BCUT2D eigenvalue weighted by atomic mass is 32.2. The second kappa shape index (κ2) is 6.62. The summed E-state index contributed by atoms with van der Waals surface area (Å²) in [5.74, 6) is 2.50. The molecule has 2 aromatic rings. The fraction of sp³-hybridized carbons (Fsp3) is 0.312. The zero-order valence-electron chi connectivity index (χ0n) is 12.4. The molecule has 0 spiro atoms. The molecule has 116 valence electrons. The van der Waals surface area contributed by atoms with Gasteiger partial charge in [-0.15, -0.1) is 23.1 Å². The Hall–Kier alpha value is -1.66. The maximum Gasteiger partial charge on any atom is 0.265 e. The maximum absolute atomic E-state index is 12.7. The summed E-state index contributed by atoms with van der Waals surface area (Å²) in [5.41, 5.74) is 1.03. The Bertz CT molecular complexity index is 635. The Kier molecular flexibility index (Phi) is 4.59. The van der Waals surface area contributed by atoms with Crippen LogP contribution in [0.15, 0.2) is 35.7 Å². The Morgan fingerprint density at radius 1 is 1.23 bits per heavy atom.